The van der Waals surface area contributed by atoms with E-state index >= 15 is 0 Å². The van der Waals surface area contributed by atoms with Gasteiger partial charge in [-0.2, -0.15) is 0 Å². The van der Waals surface area contributed by atoms with Crippen molar-refractivity contribution in [2.45, 2.75) is 51.0 Å². The second-order valence-corrected chi connectivity index (χ2v) is 3.99. The Morgan fingerprint density at radius 3 is 2.36 bits per heavy atom. The van der Waals surface area contributed by atoms with Gasteiger partial charge in [0.25, 0.3) is 0 Å². The van der Waals surface area contributed by atoms with Gasteiger partial charge in [0.05, 0.1) is 0 Å². The summed E-state index contributed by atoms with van der Waals surface area (Å²) >= 11 is 0. The summed E-state index contributed by atoms with van der Waals surface area (Å²) in [5.74, 6) is 0. The van der Waals surface area contributed by atoms with Crippen LogP contribution in [0.3, 0.4) is 0 Å². The molecule has 0 saturated heterocycles. The lowest BCUT2D eigenvalue weighted by molar-refractivity contribution is 0.192. The molecule has 0 bridgehead atoms. The van der Waals surface area contributed by atoms with Crippen LogP contribution in [-0.4, -0.2) is 26.3 Å². The highest BCUT2D eigenvalue weighted by molar-refractivity contribution is 5.85. The molecule has 0 heterocycles. The molecule has 0 aromatic heterocycles. The first-order valence-electron chi connectivity index (χ1n) is 5.66. The van der Waals surface area contributed by atoms with Crippen LogP contribution >= 0.6 is 12.4 Å². The van der Waals surface area contributed by atoms with Gasteiger partial charge in [0.2, 0.25) is 0 Å². The van der Waals surface area contributed by atoms with Crippen LogP contribution in [0.4, 0.5) is 0 Å². The summed E-state index contributed by atoms with van der Waals surface area (Å²) in [5, 5.41) is 3.62. The second kappa shape index (κ2) is 9.75. The number of hydrogen-bond donors (Lipinski definition) is 1. The van der Waals surface area contributed by atoms with E-state index in [0.717, 1.165) is 25.6 Å². The molecule has 1 saturated carbocycles. The predicted octanol–water partition coefficient (Wildman–Crippen LogP) is 2.76. The molecule has 0 aromatic rings. The molecule has 1 rings (SSSR count). The zero-order chi connectivity index (χ0) is 9.36. The molecule has 14 heavy (non-hydrogen) atoms. The Bertz CT molecular complexity index is 114. The normalized spacial score (nSPS) is 18.6. The van der Waals surface area contributed by atoms with Gasteiger partial charge in [-0.15, -0.1) is 12.4 Å². The molecular formula is C11H24ClNO. The minimum atomic E-state index is 0. The highest BCUT2D eigenvalue weighted by Gasteiger charge is 2.10. The molecule has 0 unspecified atom stereocenters. The van der Waals surface area contributed by atoms with E-state index in [-0.39, 0.29) is 12.4 Å². The van der Waals surface area contributed by atoms with E-state index in [2.05, 4.69) is 5.32 Å². The lowest BCUT2D eigenvalue weighted by Gasteiger charge is -2.15. The summed E-state index contributed by atoms with van der Waals surface area (Å²) in [4.78, 5) is 0. The molecule has 0 radical (unpaired) electrons. The number of nitrogens with one attached hydrogen (secondary N) is 1. The number of hydrogen-bond acceptors (Lipinski definition) is 2. The number of ether oxygens (including phenoxy) is 1. The van der Waals surface area contributed by atoms with Gasteiger partial charge >= 0.3 is 0 Å². The molecule has 1 aliphatic rings. The molecule has 86 valence electrons. The topological polar surface area (TPSA) is 21.3 Å². The second-order valence-electron chi connectivity index (χ2n) is 3.99. The number of methoxy groups -OCH3 is 1. The molecule has 1 N–H and O–H groups in total. The van der Waals surface area contributed by atoms with E-state index < -0.39 is 0 Å². The summed E-state index contributed by atoms with van der Waals surface area (Å²) in [5.41, 5.74) is 0. The molecule has 0 aromatic carbocycles. The summed E-state index contributed by atoms with van der Waals surface area (Å²) in [6, 6.07) is 0.791. The molecule has 0 atom stereocenters. The maximum atomic E-state index is 5.02. The zero-order valence-electron chi connectivity index (χ0n) is 9.26. The molecule has 3 heteroatoms. The summed E-state index contributed by atoms with van der Waals surface area (Å²) in [6.45, 7) is 2.01. The standard InChI is InChI=1S/C11H23NO.ClH/c1-13-10-6-9-12-11-7-4-2-3-5-8-11;/h11-12H,2-10H2,1H3;1H. The molecule has 1 fully saturated rings. The fourth-order valence-electron chi connectivity index (χ4n) is 2.01. The van der Waals surface area contributed by atoms with E-state index in [1.165, 1.54) is 38.5 Å². The van der Waals surface area contributed by atoms with Gasteiger partial charge in [0, 0.05) is 19.8 Å². The maximum absolute atomic E-state index is 5.02. The van der Waals surface area contributed by atoms with Crippen molar-refractivity contribution in [1.82, 2.24) is 5.32 Å². The van der Waals surface area contributed by atoms with Gasteiger partial charge in [0.1, 0.15) is 0 Å². The Kier molecular flexibility index (Phi) is 9.90. The molecule has 0 spiro atoms. The molecule has 2 nitrogen and oxygen atoms in total. The highest BCUT2D eigenvalue weighted by atomic mass is 35.5. The Morgan fingerprint density at radius 1 is 1.14 bits per heavy atom. The third-order valence-corrected chi connectivity index (χ3v) is 2.81. The van der Waals surface area contributed by atoms with Crippen molar-refractivity contribution in [2.75, 3.05) is 20.3 Å². The van der Waals surface area contributed by atoms with Gasteiger partial charge < -0.3 is 10.1 Å². The molecule has 1 aliphatic carbocycles. The van der Waals surface area contributed by atoms with Crippen molar-refractivity contribution in [2.24, 2.45) is 0 Å². The third kappa shape index (κ3) is 6.63. The largest absolute Gasteiger partial charge is 0.385 e. The first kappa shape index (κ1) is 14.2. The van der Waals surface area contributed by atoms with Crippen LogP contribution in [-0.2, 0) is 4.74 Å². The van der Waals surface area contributed by atoms with E-state index in [0.29, 0.717) is 0 Å². The van der Waals surface area contributed by atoms with Crippen molar-refractivity contribution in [3.8, 4) is 0 Å². The van der Waals surface area contributed by atoms with Crippen LogP contribution < -0.4 is 5.32 Å². The van der Waals surface area contributed by atoms with Crippen LogP contribution in [0.25, 0.3) is 0 Å². The Morgan fingerprint density at radius 2 is 1.79 bits per heavy atom. The van der Waals surface area contributed by atoms with Crippen molar-refractivity contribution >= 4 is 12.4 Å². The van der Waals surface area contributed by atoms with Gasteiger partial charge in [-0.05, 0) is 25.8 Å². The van der Waals surface area contributed by atoms with Crippen molar-refractivity contribution in [1.29, 1.82) is 0 Å². The molecular weight excluding hydrogens is 198 g/mol. The minimum absolute atomic E-state index is 0. The minimum Gasteiger partial charge on any atom is -0.385 e. The van der Waals surface area contributed by atoms with E-state index in [1.54, 1.807) is 7.11 Å². The third-order valence-electron chi connectivity index (χ3n) is 2.81. The predicted molar refractivity (Wildman–Crippen MR) is 63.2 cm³/mol. The fraction of sp³-hybridized carbons (Fsp3) is 1.00. The van der Waals surface area contributed by atoms with Crippen LogP contribution in [0, 0.1) is 0 Å². The smallest absolute Gasteiger partial charge is 0.0474 e. The van der Waals surface area contributed by atoms with E-state index in [9.17, 15) is 0 Å². The highest BCUT2D eigenvalue weighted by Crippen LogP contribution is 2.16. The van der Waals surface area contributed by atoms with Crippen molar-refractivity contribution in [3.05, 3.63) is 0 Å². The quantitative estimate of drug-likeness (QED) is 0.570. The van der Waals surface area contributed by atoms with Crippen molar-refractivity contribution < 1.29 is 4.74 Å². The van der Waals surface area contributed by atoms with Gasteiger partial charge in [-0.1, -0.05) is 25.7 Å². The average molecular weight is 222 g/mol. The van der Waals surface area contributed by atoms with Crippen molar-refractivity contribution in [3.63, 3.8) is 0 Å². The van der Waals surface area contributed by atoms with Crippen LogP contribution in [0.5, 0.6) is 0 Å². The van der Waals surface area contributed by atoms with Gasteiger partial charge in [-0.25, -0.2) is 0 Å². The SMILES string of the molecule is COCCCNC1CCCCCC1.Cl. The first-order valence-corrected chi connectivity index (χ1v) is 5.66. The first-order chi connectivity index (χ1) is 6.43. The Hall–Kier alpha value is 0.210. The Labute approximate surface area is 94.2 Å². The summed E-state index contributed by atoms with van der Waals surface area (Å²) in [6.07, 6.45) is 9.63. The van der Waals surface area contributed by atoms with Gasteiger partial charge in [-0.3, -0.25) is 0 Å². The van der Waals surface area contributed by atoms with Crippen LogP contribution in [0.2, 0.25) is 0 Å². The lowest BCUT2D eigenvalue weighted by Crippen LogP contribution is -2.29. The Balaban J connectivity index is 0.00000169. The average Bonchev–Trinajstić information content (AvgIpc) is 2.41. The van der Waals surface area contributed by atoms with E-state index in [1.807, 2.05) is 0 Å². The van der Waals surface area contributed by atoms with Crippen LogP contribution in [0.15, 0.2) is 0 Å². The monoisotopic (exact) mass is 221 g/mol. The molecule has 0 amide bonds. The van der Waals surface area contributed by atoms with E-state index in [4.69, 9.17) is 4.74 Å². The number of halogens is 1. The lowest BCUT2D eigenvalue weighted by atomic mass is 10.1. The van der Waals surface area contributed by atoms with Crippen LogP contribution in [0.1, 0.15) is 44.9 Å². The number of rotatable bonds is 5. The zero-order valence-corrected chi connectivity index (χ0v) is 10.1. The summed E-state index contributed by atoms with van der Waals surface area (Å²) in [7, 11) is 1.77. The molecule has 0 aliphatic heterocycles. The maximum Gasteiger partial charge on any atom is 0.0474 e. The fourth-order valence-corrected chi connectivity index (χ4v) is 2.01. The van der Waals surface area contributed by atoms with Gasteiger partial charge in [0.15, 0.2) is 0 Å². The summed E-state index contributed by atoms with van der Waals surface area (Å²) < 4.78 is 5.02.